The third-order valence-electron chi connectivity index (χ3n) is 10.1. The van der Waals surface area contributed by atoms with Crippen molar-refractivity contribution in [2.75, 3.05) is 0 Å². The first-order chi connectivity index (χ1) is 25.3. The summed E-state index contributed by atoms with van der Waals surface area (Å²) in [6.07, 6.45) is -0.435. The van der Waals surface area contributed by atoms with Crippen LogP contribution in [0.1, 0.15) is 45.1 Å². The van der Waals surface area contributed by atoms with Gasteiger partial charge in [-0.15, -0.1) is 0 Å². The first-order valence-corrected chi connectivity index (χ1v) is 17.2. The topological polar surface area (TPSA) is 59.1 Å². The van der Waals surface area contributed by atoms with Crippen LogP contribution >= 0.6 is 0 Å². The van der Waals surface area contributed by atoms with E-state index in [1.807, 2.05) is 48.5 Å². The van der Waals surface area contributed by atoms with Crippen LogP contribution in [-0.4, -0.2) is 11.7 Å². The van der Waals surface area contributed by atoms with Crippen molar-refractivity contribution in [1.82, 2.24) is 5.32 Å². The van der Waals surface area contributed by atoms with Crippen LogP contribution < -0.4 is 10.1 Å². The lowest BCUT2D eigenvalue weighted by Gasteiger charge is -2.41. The Morgan fingerprint density at radius 1 is 0.471 bits per heavy atom. The fourth-order valence-corrected chi connectivity index (χ4v) is 7.74. The normalized spacial score (nSPS) is 16.0. The van der Waals surface area contributed by atoms with Gasteiger partial charge in [-0.3, -0.25) is 0 Å². The predicted octanol–water partition coefficient (Wildman–Crippen LogP) is 10.6. The van der Waals surface area contributed by atoms with Crippen LogP contribution in [0.3, 0.4) is 0 Å². The van der Waals surface area contributed by atoms with Crippen molar-refractivity contribution in [2.45, 2.75) is 11.6 Å². The zero-order valence-corrected chi connectivity index (χ0v) is 27.5. The second-order valence-electron chi connectivity index (χ2n) is 13.0. The average molecular weight is 658 g/mol. The smallest absolute Gasteiger partial charge is 0.169 e. The van der Waals surface area contributed by atoms with Crippen molar-refractivity contribution in [3.05, 3.63) is 215 Å². The Hall–Kier alpha value is -6.72. The number of hydrogen-bond donors (Lipinski definition) is 1. The van der Waals surface area contributed by atoms with E-state index in [0.717, 1.165) is 84.1 Å². The van der Waals surface area contributed by atoms with Crippen LogP contribution in [0.25, 0.3) is 21.9 Å². The van der Waals surface area contributed by atoms with Gasteiger partial charge >= 0.3 is 0 Å². The minimum atomic E-state index is -0.638. The molecule has 2 aliphatic rings. The highest BCUT2D eigenvalue weighted by Gasteiger charge is 2.45. The molecule has 242 valence electrons. The summed E-state index contributed by atoms with van der Waals surface area (Å²) in [7, 11) is 0. The molecule has 1 atom stereocenters. The maximum absolute atomic E-state index is 6.67. The Bertz CT molecular complexity index is 2600. The van der Waals surface area contributed by atoms with Gasteiger partial charge in [0, 0.05) is 33.0 Å². The van der Waals surface area contributed by atoms with Crippen molar-refractivity contribution in [3.63, 3.8) is 0 Å². The summed E-state index contributed by atoms with van der Waals surface area (Å²) in [5.41, 5.74) is 8.45. The van der Waals surface area contributed by atoms with E-state index in [2.05, 4.69) is 133 Å². The van der Waals surface area contributed by atoms with Gasteiger partial charge in [-0.2, -0.15) is 0 Å². The highest BCUT2D eigenvalue weighted by atomic mass is 16.5. The molecule has 2 aliphatic heterocycles. The van der Waals surface area contributed by atoms with Gasteiger partial charge in [0.2, 0.25) is 0 Å². The quantitative estimate of drug-likeness (QED) is 0.200. The van der Waals surface area contributed by atoms with Gasteiger partial charge in [0.25, 0.3) is 0 Å². The summed E-state index contributed by atoms with van der Waals surface area (Å²) in [5.74, 6) is 3.15. The lowest BCUT2D eigenvalue weighted by molar-refractivity contribution is 0.434. The SMILES string of the molecule is c1ccc(C2N=C(c3ccc4c(c3)C(c3ccccc3)(c3ccccc3)c3ccccc3O4)NC(c3ccc4oc5ccccc5c4c3)=N2)cc1. The first-order valence-electron chi connectivity index (χ1n) is 17.2. The third kappa shape index (κ3) is 4.70. The van der Waals surface area contributed by atoms with E-state index in [1.54, 1.807) is 0 Å². The number of fused-ring (bicyclic) bond motifs is 5. The number of hydrogen-bond acceptors (Lipinski definition) is 5. The highest BCUT2D eigenvalue weighted by Crippen LogP contribution is 2.55. The van der Waals surface area contributed by atoms with E-state index in [9.17, 15) is 0 Å². The van der Waals surface area contributed by atoms with E-state index < -0.39 is 11.6 Å². The molecule has 7 aromatic carbocycles. The van der Waals surface area contributed by atoms with Crippen molar-refractivity contribution < 1.29 is 9.15 Å². The number of amidine groups is 2. The molecule has 51 heavy (non-hydrogen) atoms. The summed E-state index contributed by atoms with van der Waals surface area (Å²) < 4.78 is 12.8. The van der Waals surface area contributed by atoms with E-state index >= 15 is 0 Å². The summed E-state index contributed by atoms with van der Waals surface area (Å²) in [6, 6.07) is 60.9. The number of nitrogens with zero attached hydrogens (tertiary/aromatic N) is 2. The fraction of sp³-hybridized carbons (Fsp3) is 0.0435. The van der Waals surface area contributed by atoms with Crippen molar-refractivity contribution >= 4 is 33.6 Å². The number of aliphatic imine (C=N–C) groups is 2. The number of para-hydroxylation sites is 2. The maximum atomic E-state index is 6.67. The largest absolute Gasteiger partial charge is 0.457 e. The summed E-state index contributed by atoms with van der Waals surface area (Å²) in [5, 5.41) is 5.78. The van der Waals surface area contributed by atoms with Gasteiger partial charge in [-0.1, -0.05) is 127 Å². The van der Waals surface area contributed by atoms with Crippen LogP contribution in [0, 0.1) is 0 Å². The molecule has 0 fully saturated rings. The molecular formula is C46H31N3O2. The Balaban J connectivity index is 1.16. The molecule has 1 N–H and O–H groups in total. The zero-order valence-electron chi connectivity index (χ0n) is 27.5. The monoisotopic (exact) mass is 657 g/mol. The lowest BCUT2D eigenvalue weighted by atomic mass is 9.63. The molecule has 10 rings (SSSR count). The lowest BCUT2D eigenvalue weighted by Crippen LogP contribution is -2.37. The number of benzene rings is 7. The van der Waals surface area contributed by atoms with E-state index in [-0.39, 0.29) is 0 Å². The second-order valence-corrected chi connectivity index (χ2v) is 13.0. The van der Waals surface area contributed by atoms with Crippen molar-refractivity contribution in [1.29, 1.82) is 0 Å². The van der Waals surface area contributed by atoms with Crippen LogP contribution in [0.4, 0.5) is 0 Å². The van der Waals surface area contributed by atoms with Crippen LogP contribution in [0.2, 0.25) is 0 Å². The second kappa shape index (κ2) is 11.7. The summed E-state index contributed by atoms with van der Waals surface area (Å²) in [6.45, 7) is 0. The third-order valence-corrected chi connectivity index (χ3v) is 10.1. The van der Waals surface area contributed by atoms with Gasteiger partial charge in [-0.25, -0.2) is 9.98 Å². The molecule has 8 aromatic rings. The highest BCUT2D eigenvalue weighted by molar-refractivity contribution is 6.17. The maximum Gasteiger partial charge on any atom is 0.169 e. The first kappa shape index (κ1) is 29.2. The van der Waals surface area contributed by atoms with Gasteiger partial charge in [0.05, 0.1) is 5.41 Å². The summed E-state index contributed by atoms with van der Waals surface area (Å²) in [4.78, 5) is 10.4. The van der Waals surface area contributed by atoms with E-state index in [1.165, 1.54) is 0 Å². The Morgan fingerprint density at radius 3 is 1.78 bits per heavy atom. The summed E-state index contributed by atoms with van der Waals surface area (Å²) >= 11 is 0. The molecule has 5 nitrogen and oxygen atoms in total. The molecule has 0 bridgehead atoms. The average Bonchev–Trinajstić information content (AvgIpc) is 3.59. The molecular weight excluding hydrogens is 627 g/mol. The zero-order chi connectivity index (χ0) is 33.8. The Kier molecular flexibility index (Phi) is 6.71. The van der Waals surface area contributed by atoms with Crippen LogP contribution in [-0.2, 0) is 5.41 Å². The molecule has 1 aromatic heterocycles. The van der Waals surface area contributed by atoms with E-state index in [4.69, 9.17) is 19.1 Å². The predicted molar refractivity (Wildman–Crippen MR) is 204 cm³/mol. The fourth-order valence-electron chi connectivity index (χ4n) is 7.74. The minimum absolute atomic E-state index is 0.435. The Labute approximate surface area is 295 Å². The van der Waals surface area contributed by atoms with E-state index in [0.29, 0.717) is 0 Å². The molecule has 1 unspecified atom stereocenters. The van der Waals surface area contributed by atoms with Crippen molar-refractivity contribution in [2.24, 2.45) is 9.98 Å². The number of furan rings is 1. The number of ether oxygens (including phenoxy) is 1. The van der Waals surface area contributed by atoms with Crippen LogP contribution in [0.5, 0.6) is 11.5 Å². The van der Waals surface area contributed by atoms with Gasteiger partial charge in [0.1, 0.15) is 34.3 Å². The van der Waals surface area contributed by atoms with Gasteiger partial charge < -0.3 is 14.5 Å². The molecule has 0 amide bonds. The number of nitrogens with one attached hydrogen (secondary N) is 1. The van der Waals surface area contributed by atoms with Gasteiger partial charge in [-0.05, 0) is 65.2 Å². The Morgan fingerprint density at radius 2 is 1.04 bits per heavy atom. The molecule has 0 spiro atoms. The molecule has 0 saturated heterocycles. The molecule has 0 radical (unpaired) electrons. The molecule has 0 aliphatic carbocycles. The standard InChI is InChI=1S/C46H31N3O2/c1-4-14-30(15-5-1)43-47-44(31-24-26-40-36(28-31)35-20-10-12-22-39(35)50-40)49-45(48-43)32-25-27-42-38(29-32)46(33-16-6-2-7-17-33,34-18-8-3-9-19-34)37-21-11-13-23-41(37)51-42/h1-29,43H,(H,47,48,49). The number of rotatable bonds is 5. The van der Waals surface area contributed by atoms with Gasteiger partial charge in [0.15, 0.2) is 6.17 Å². The molecule has 5 heteroatoms. The van der Waals surface area contributed by atoms with Crippen LogP contribution in [0.15, 0.2) is 190 Å². The minimum Gasteiger partial charge on any atom is -0.457 e. The molecule has 0 saturated carbocycles. The molecule has 3 heterocycles. The van der Waals surface area contributed by atoms with Crippen molar-refractivity contribution in [3.8, 4) is 11.5 Å².